The van der Waals surface area contributed by atoms with E-state index in [1.54, 1.807) is 11.5 Å². The second-order valence-electron chi connectivity index (χ2n) is 6.27. The smallest absolute Gasteiger partial charge is 0.205 e. The van der Waals surface area contributed by atoms with Crippen molar-refractivity contribution in [2.75, 3.05) is 37.6 Å². The topological polar surface area (TPSA) is 32.3 Å². The van der Waals surface area contributed by atoms with E-state index >= 15 is 0 Å². The molecular weight excluding hydrogens is 268 g/mol. The number of nitrogens with zero attached hydrogens (tertiary/aromatic N) is 4. The first-order valence-corrected chi connectivity index (χ1v) is 8.86. The summed E-state index contributed by atoms with van der Waals surface area (Å²) in [5.41, 5.74) is 0. The van der Waals surface area contributed by atoms with Crippen molar-refractivity contribution < 1.29 is 0 Å². The molecule has 2 aliphatic rings. The van der Waals surface area contributed by atoms with Crippen molar-refractivity contribution in [3.8, 4) is 0 Å². The molecule has 0 radical (unpaired) electrons. The monoisotopic (exact) mass is 294 g/mol. The van der Waals surface area contributed by atoms with Crippen LogP contribution in [0.25, 0.3) is 0 Å². The third-order valence-corrected chi connectivity index (χ3v) is 5.49. The minimum Gasteiger partial charge on any atom is -0.346 e. The van der Waals surface area contributed by atoms with Crippen LogP contribution in [0, 0.1) is 12.8 Å². The lowest BCUT2D eigenvalue weighted by Crippen LogP contribution is -2.34. The van der Waals surface area contributed by atoms with Gasteiger partial charge in [-0.1, -0.05) is 19.3 Å². The predicted octanol–water partition coefficient (Wildman–Crippen LogP) is 2.94. The van der Waals surface area contributed by atoms with Crippen molar-refractivity contribution >= 4 is 16.7 Å². The van der Waals surface area contributed by atoms with Crippen LogP contribution in [0.15, 0.2) is 0 Å². The molecule has 1 aromatic heterocycles. The van der Waals surface area contributed by atoms with Crippen molar-refractivity contribution in [1.29, 1.82) is 0 Å². The summed E-state index contributed by atoms with van der Waals surface area (Å²) in [5, 5.41) is 1.11. The predicted molar refractivity (Wildman–Crippen MR) is 84.5 cm³/mol. The number of aryl methyl sites for hydroxylation is 1. The Morgan fingerprint density at radius 3 is 2.65 bits per heavy atom. The average molecular weight is 294 g/mol. The standard InChI is InChI=1S/C15H26N4S/c1-13-16-15(20-17-13)19-9-5-8-18(10-11-19)12-14-6-3-2-4-7-14/h14H,2-12H2,1H3. The summed E-state index contributed by atoms with van der Waals surface area (Å²) in [6.07, 6.45) is 8.53. The van der Waals surface area contributed by atoms with Gasteiger partial charge in [-0.25, -0.2) is 4.98 Å². The lowest BCUT2D eigenvalue weighted by atomic mass is 9.89. The van der Waals surface area contributed by atoms with E-state index < -0.39 is 0 Å². The highest BCUT2D eigenvalue weighted by Crippen LogP contribution is 2.25. The van der Waals surface area contributed by atoms with Gasteiger partial charge in [0.25, 0.3) is 0 Å². The molecule has 0 bridgehead atoms. The molecule has 0 amide bonds. The average Bonchev–Trinajstić information content (AvgIpc) is 2.76. The quantitative estimate of drug-likeness (QED) is 0.858. The van der Waals surface area contributed by atoms with Crippen LogP contribution >= 0.6 is 11.5 Å². The fraction of sp³-hybridized carbons (Fsp3) is 0.867. The van der Waals surface area contributed by atoms with E-state index in [4.69, 9.17) is 0 Å². The molecule has 1 aliphatic heterocycles. The van der Waals surface area contributed by atoms with E-state index in [2.05, 4.69) is 19.2 Å². The number of hydrogen-bond donors (Lipinski definition) is 0. The zero-order valence-electron chi connectivity index (χ0n) is 12.6. The van der Waals surface area contributed by atoms with Crippen LogP contribution in [0.5, 0.6) is 0 Å². The third kappa shape index (κ3) is 3.70. The fourth-order valence-electron chi connectivity index (χ4n) is 3.49. The minimum atomic E-state index is 0.910. The summed E-state index contributed by atoms with van der Waals surface area (Å²) in [6, 6.07) is 0. The van der Waals surface area contributed by atoms with E-state index in [1.807, 2.05) is 6.92 Å². The van der Waals surface area contributed by atoms with Crippen molar-refractivity contribution in [1.82, 2.24) is 14.3 Å². The third-order valence-electron chi connectivity index (χ3n) is 4.62. The Bertz CT molecular complexity index is 414. The molecule has 2 heterocycles. The maximum absolute atomic E-state index is 4.53. The van der Waals surface area contributed by atoms with Crippen molar-refractivity contribution in [2.45, 2.75) is 45.4 Å². The van der Waals surface area contributed by atoms with Crippen LogP contribution in [-0.2, 0) is 0 Å². The summed E-state index contributed by atoms with van der Waals surface area (Å²) in [4.78, 5) is 9.64. The minimum absolute atomic E-state index is 0.910. The van der Waals surface area contributed by atoms with Gasteiger partial charge in [-0.2, -0.15) is 4.37 Å². The van der Waals surface area contributed by atoms with Crippen LogP contribution in [-0.4, -0.2) is 47.0 Å². The van der Waals surface area contributed by atoms with Crippen LogP contribution in [0.3, 0.4) is 0 Å². The lowest BCUT2D eigenvalue weighted by molar-refractivity contribution is 0.211. The summed E-state index contributed by atoms with van der Waals surface area (Å²) < 4.78 is 4.31. The lowest BCUT2D eigenvalue weighted by Gasteiger charge is -2.28. The fourth-order valence-corrected chi connectivity index (χ4v) is 4.22. The highest BCUT2D eigenvalue weighted by molar-refractivity contribution is 7.09. The van der Waals surface area contributed by atoms with Gasteiger partial charge in [-0.3, -0.25) is 0 Å². The molecule has 0 aromatic carbocycles. The maximum atomic E-state index is 4.53. The second kappa shape index (κ2) is 6.85. The number of anilines is 1. The van der Waals surface area contributed by atoms with Gasteiger partial charge >= 0.3 is 0 Å². The van der Waals surface area contributed by atoms with Crippen LogP contribution in [0.4, 0.5) is 5.13 Å². The highest BCUT2D eigenvalue weighted by atomic mass is 32.1. The summed E-state index contributed by atoms with van der Waals surface area (Å²) >= 11 is 1.55. The molecule has 2 fully saturated rings. The second-order valence-corrected chi connectivity index (χ2v) is 7.00. The SMILES string of the molecule is Cc1nsc(N2CCCN(CC3CCCCC3)CC2)n1. The molecule has 1 saturated carbocycles. The van der Waals surface area contributed by atoms with Gasteiger partial charge in [-0.15, -0.1) is 0 Å². The highest BCUT2D eigenvalue weighted by Gasteiger charge is 2.21. The van der Waals surface area contributed by atoms with E-state index in [1.165, 1.54) is 58.2 Å². The van der Waals surface area contributed by atoms with Gasteiger partial charge in [0.15, 0.2) is 0 Å². The maximum Gasteiger partial charge on any atom is 0.205 e. The Labute approximate surface area is 126 Å². The molecule has 3 rings (SSSR count). The number of hydrogen-bond acceptors (Lipinski definition) is 5. The first-order valence-electron chi connectivity index (χ1n) is 8.09. The van der Waals surface area contributed by atoms with Gasteiger partial charge in [0.1, 0.15) is 5.82 Å². The van der Waals surface area contributed by atoms with Gasteiger partial charge < -0.3 is 9.80 Å². The van der Waals surface area contributed by atoms with Gasteiger partial charge in [0.05, 0.1) is 0 Å². The Balaban J connectivity index is 1.51. The molecule has 4 nitrogen and oxygen atoms in total. The molecule has 112 valence electrons. The van der Waals surface area contributed by atoms with Crippen LogP contribution in [0.1, 0.15) is 44.3 Å². The molecule has 1 aliphatic carbocycles. The molecule has 1 saturated heterocycles. The molecule has 1 aromatic rings. The number of aromatic nitrogens is 2. The van der Waals surface area contributed by atoms with Gasteiger partial charge in [0.2, 0.25) is 5.13 Å². The van der Waals surface area contributed by atoms with Crippen LogP contribution in [0.2, 0.25) is 0 Å². The Morgan fingerprint density at radius 1 is 1.05 bits per heavy atom. The Morgan fingerprint density at radius 2 is 1.90 bits per heavy atom. The first kappa shape index (κ1) is 14.3. The Hall–Kier alpha value is -0.680. The van der Waals surface area contributed by atoms with E-state index in [0.717, 1.165) is 30.0 Å². The molecule has 20 heavy (non-hydrogen) atoms. The van der Waals surface area contributed by atoms with Crippen molar-refractivity contribution in [3.63, 3.8) is 0 Å². The van der Waals surface area contributed by atoms with Crippen LogP contribution < -0.4 is 4.90 Å². The summed E-state index contributed by atoms with van der Waals surface area (Å²) in [5.74, 6) is 1.87. The zero-order valence-corrected chi connectivity index (χ0v) is 13.4. The van der Waals surface area contributed by atoms with Gasteiger partial charge in [-0.05, 0) is 38.6 Å². The van der Waals surface area contributed by atoms with E-state index in [9.17, 15) is 0 Å². The van der Waals surface area contributed by atoms with Crippen molar-refractivity contribution in [2.24, 2.45) is 5.92 Å². The largest absolute Gasteiger partial charge is 0.346 e. The molecule has 0 spiro atoms. The normalized spacial score (nSPS) is 22.9. The molecule has 0 N–H and O–H groups in total. The number of rotatable bonds is 3. The zero-order chi connectivity index (χ0) is 13.8. The van der Waals surface area contributed by atoms with E-state index in [-0.39, 0.29) is 0 Å². The molecule has 5 heteroatoms. The van der Waals surface area contributed by atoms with Crippen molar-refractivity contribution in [3.05, 3.63) is 5.82 Å². The summed E-state index contributed by atoms with van der Waals surface area (Å²) in [7, 11) is 0. The summed E-state index contributed by atoms with van der Waals surface area (Å²) in [6.45, 7) is 7.99. The first-order chi connectivity index (χ1) is 9.81. The molecule has 0 atom stereocenters. The van der Waals surface area contributed by atoms with E-state index in [0.29, 0.717) is 0 Å². The molecular formula is C15H26N4S. The Kier molecular flexibility index (Phi) is 4.89. The van der Waals surface area contributed by atoms with Gasteiger partial charge in [0, 0.05) is 37.7 Å². The molecule has 0 unspecified atom stereocenters.